The normalized spacial score (nSPS) is 10.5. The number of benzene rings is 2. The molecule has 0 atom stereocenters. The van der Waals surface area contributed by atoms with E-state index in [1.165, 1.54) is 30.0 Å². The lowest BCUT2D eigenvalue weighted by Gasteiger charge is -2.11. The Bertz CT molecular complexity index is 1150. The summed E-state index contributed by atoms with van der Waals surface area (Å²) in [6.07, 6.45) is 3.34. The summed E-state index contributed by atoms with van der Waals surface area (Å²) in [7, 11) is 2.91. The van der Waals surface area contributed by atoms with Crippen molar-refractivity contribution in [1.29, 1.82) is 0 Å². The van der Waals surface area contributed by atoms with Gasteiger partial charge in [0.05, 0.1) is 23.3 Å². The molecule has 0 aliphatic carbocycles. The molecule has 0 radical (unpaired) electrons. The molecule has 1 N–H and O–H groups in total. The van der Waals surface area contributed by atoms with Crippen LogP contribution >= 0.6 is 11.8 Å². The number of rotatable bonds is 6. The van der Waals surface area contributed by atoms with E-state index in [-0.39, 0.29) is 16.8 Å². The van der Waals surface area contributed by atoms with Gasteiger partial charge in [-0.15, -0.1) is 0 Å². The second-order valence-corrected chi connectivity index (χ2v) is 7.04. The van der Waals surface area contributed by atoms with Crippen LogP contribution in [0.4, 0.5) is 15.8 Å². The van der Waals surface area contributed by atoms with E-state index in [0.717, 1.165) is 25.3 Å². The Hall–Kier alpha value is -3.73. The van der Waals surface area contributed by atoms with Crippen molar-refractivity contribution in [3.05, 3.63) is 75.9 Å². The van der Waals surface area contributed by atoms with Gasteiger partial charge in [-0.05, 0) is 36.0 Å². The number of anilines is 1. The molecule has 2 aromatic carbocycles. The third-order valence-corrected chi connectivity index (χ3v) is 5.13. The molecular formula is C19H15FN4O5S. The second kappa shape index (κ2) is 8.74. The number of carbonyl (C=O) groups excluding carboxylic acids is 2. The summed E-state index contributed by atoms with van der Waals surface area (Å²) in [6, 6.07) is 7.04. The highest BCUT2D eigenvalue weighted by Crippen LogP contribution is 2.33. The van der Waals surface area contributed by atoms with Crippen LogP contribution in [-0.4, -0.2) is 33.5 Å². The molecule has 30 heavy (non-hydrogen) atoms. The van der Waals surface area contributed by atoms with Crippen LogP contribution in [0.1, 0.15) is 20.7 Å². The number of aromatic nitrogens is 2. The summed E-state index contributed by atoms with van der Waals surface area (Å²) >= 11 is 1.20. The number of nitro groups is 1. The number of non-ortho nitro benzene ring substituents is 1. The molecule has 0 bridgehead atoms. The van der Waals surface area contributed by atoms with Gasteiger partial charge < -0.3 is 14.6 Å². The Balaban J connectivity index is 1.95. The quantitative estimate of drug-likeness (QED) is 0.360. The average Bonchev–Trinajstić information content (AvgIpc) is 3.13. The summed E-state index contributed by atoms with van der Waals surface area (Å²) in [4.78, 5) is 39.7. The number of hydrogen-bond donors (Lipinski definition) is 1. The Labute approximate surface area is 174 Å². The number of ether oxygens (including phenoxy) is 1. The molecular weight excluding hydrogens is 415 g/mol. The number of amides is 1. The fourth-order valence-electron chi connectivity index (χ4n) is 2.52. The maximum absolute atomic E-state index is 13.8. The van der Waals surface area contributed by atoms with Gasteiger partial charge in [0, 0.05) is 42.0 Å². The molecule has 11 heteroatoms. The van der Waals surface area contributed by atoms with Crippen molar-refractivity contribution in [2.24, 2.45) is 7.05 Å². The minimum Gasteiger partial charge on any atom is -0.465 e. The third-order valence-electron chi connectivity index (χ3n) is 3.98. The number of nitrogens with one attached hydrogen (secondary N) is 1. The number of nitro benzene ring substituents is 1. The van der Waals surface area contributed by atoms with E-state index in [1.807, 2.05) is 0 Å². The van der Waals surface area contributed by atoms with E-state index < -0.39 is 28.3 Å². The molecule has 0 unspecified atom stereocenters. The van der Waals surface area contributed by atoms with E-state index in [4.69, 9.17) is 0 Å². The summed E-state index contributed by atoms with van der Waals surface area (Å²) < 4.78 is 20.1. The first-order chi connectivity index (χ1) is 14.3. The van der Waals surface area contributed by atoms with Crippen LogP contribution in [0.25, 0.3) is 0 Å². The number of nitrogens with zero attached hydrogens (tertiary/aromatic N) is 3. The zero-order valence-electron chi connectivity index (χ0n) is 15.8. The van der Waals surface area contributed by atoms with Gasteiger partial charge in [-0.25, -0.2) is 14.2 Å². The second-order valence-electron chi connectivity index (χ2n) is 6.03. The predicted octanol–water partition coefficient (Wildman–Crippen LogP) is 3.66. The zero-order valence-corrected chi connectivity index (χ0v) is 16.6. The Morgan fingerprint density at radius 3 is 2.60 bits per heavy atom. The molecule has 0 aliphatic rings. The zero-order chi connectivity index (χ0) is 21.8. The molecule has 1 aromatic heterocycles. The standard InChI is InChI=1S/C19H15FN4O5S/c1-23-6-5-21-19(23)30-16-4-3-13(20)10-15(16)22-17(25)11-7-12(18(26)29-2)9-14(8-11)24(27)28/h3-10H,1-2H3,(H,22,25). The van der Waals surface area contributed by atoms with Gasteiger partial charge in [-0.2, -0.15) is 0 Å². The van der Waals surface area contributed by atoms with Crippen LogP contribution < -0.4 is 5.32 Å². The maximum atomic E-state index is 13.8. The Kier molecular flexibility index (Phi) is 6.11. The van der Waals surface area contributed by atoms with Crippen LogP contribution in [0, 0.1) is 15.9 Å². The van der Waals surface area contributed by atoms with Crippen LogP contribution in [0.3, 0.4) is 0 Å². The van der Waals surface area contributed by atoms with Crippen molar-refractivity contribution in [3.8, 4) is 0 Å². The largest absolute Gasteiger partial charge is 0.465 e. The smallest absolute Gasteiger partial charge is 0.338 e. The number of aryl methyl sites for hydroxylation is 1. The molecule has 1 amide bonds. The summed E-state index contributed by atoms with van der Waals surface area (Å²) in [6.45, 7) is 0. The number of methoxy groups -OCH3 is 1. The fourth-order valence-corrected chi connectivity index (χ4v) is 3.39. The van der Waals surface area contributed by atoms with Gasteiger partial charge in [0.15, 0.2) is 5.16 Å². The summed E-state index contributed by atoms with van der Waals surface area (Å²) in [5.41, 5.74) is -0.607. The third kappa shape index (κ3) is 4.63. The topological polar surface area (TPSA) is 116 Å². The van der Waals surface area contributed by atoms with E-state index >= 15 is 0 Å². The lowest BCUT2D eigenvalue weighted by molar-refractivity contribution is -0.384. The molecule has 154 valence electrons. The highest BCUT2D eigenvalue weighted by molar-refractivity contribution is 7.99. The van der Waals surface area contributed by atoms with Crippen molar-refractivity contribution in [1.82, 2.24) is 9.55 Å². The first-order valence-electron chi connectivity index (χ1n) is 8.42. The van der Waals surface area contributed by atoms with Crippen LogP contribution in [0.2, 0.25) is 0 Å². The highest BCUT2D eigenvalue weighted by atomic mass is 32.2. The van der Waals surface area contributed by atoms with Crippen molar-refractivity contribution in [2.75, 3.05) is 12.4 Å². The summed E-state index contributed by atoms with van der Waals surface area (Å²) in [5, 5.41) is 14.3. The van der Waals surface area contributed by atoms with E-state index in [9.17, 15) is 24.1 Å². The molecule has 0 fully saturated rings. The molecule has 0 aliphatic heterocycles. The van der Waals surface area contributed by atoms with Gasteiger partial charge in [-0.1, -0.05) is 0 Å². The molecule has 0 saturated heterocycles. The van der Waals surface area contributed by atoms with E-state index in [2.05, 4.69) is 15.0 Å². The van der Waals surface area contributed by atoms with E-state index in [1.54, 1.807) is 24.0 Å². The van der Waals surface area contributed by atoms with E-state index in [0.29, 0.717) is 10.1 Å². The molecule has 3 aromatic rings. The number of halogens is 1. The number of hydrogen-bond acceptors (Lipinski definition) is 7. The maximum Gasteiger partial charge on any atom is 0.338 e. The molecule has 3 rings (SSSR count). The SMILES string of the molecule is COC(=O)c1cc(C(=O)Nc2cc(F)ccc2Sc2nccn2C)cc([N+](=O)[O-])c1. The van der Waals surface area contributed by atoms with Crippen LogP contribution in [-0.2, 0) is 11.8 Å². The summed E-state index contributed by atoms with van der Waals surface area (Å²) in [5.74, 6) is -2.16. The van der Waals surface area contributed by atoms with Crippen molar-refractivity contribution in [3.63, 3.8) is 0 Å². The Morgan fingerprint density at radius 1 is 1.23 bits per heavy atom. The molecule has 0 saturated carbocycles. The first-order valence-corrected chi connectivity index (χ1v) is 9.24. The predicted molar refractivity (Wildman–Crippen MR) is 106 cm³/mol. The van der Waals surface area contributed by atoms with Crippen molar-refractivity contribution >= 4 is 35.0 Å². The van der Waals surface area contributed by atoms with Crippen LogP contribution in [0.15, 0.2) is 58.8 Å². The average molecular weight is 430 g/mol. The Morgan fingerprint density at radius 2 is 1.97 bits per heavy atom. The molecule has 9 nitrogen and oxygen atoms in total. The van der Waals surface area contributed by atoms with Crippen molar-refractivity contribution in [2.45, 2.75) is 10.1 Å². The van der Waals surface area contributed by atoms with Crippen molar-refractivity contribution < 1.29 is 23.6 Å². The lowest BCUT2D eigenvalue weighted by Crippen LogP contribution is -2.14. The first kappa shape index (κ1) is 21.0. The van der Waals surface area contributed by atoms with Gasteiger partial charge in [0.2, 0.25) is 0 Å². The minimum atomic E-state index is -0.829. The van der Waals surface area contributed by atoms with Crippen LogP contribution in [0.5, 0.6) is 0 Å². The number of esters is 1. The van der Waals surface area contributed by atoms with Gasteiger partial charge in [0.1, 0.15) is 5.82 Å². The fraction of sp³-hybridized carbons (Fsp3) is 0.105. The van der Waals surface area contributed by atoms with Gasteiger partial charge in [0.25, 0.3) is 11.6 Å². The highest BCUT2D eigenvalue weighted by Gasteiger charge is 2.20. The lowest BCUT2D eigenvalue weighted by atomic mass is 10.1. The number of imidazole rings is 1. The minimum absolute atomic E-state index is 0.151. The van der Waals surface area contributed by atoms with Gasteiger partial charge in [-0.3, -0.25) is 14.9 Å². The molecule has 1 heterocycles. The number of carbonyl (C=O) groups is 2. The van der Waals surface area contributed by atoms with Gasteiger partial charge >= 0.3 is 5.97 Å². The molecule has 0 spiro atoms. The monoisotopic (exact) mass is 430 g/mol.